The summed E-state index contributed by atoms with van der Waals surface area (Å²) in [6, 6.07) is 9.07. The molecule has 3 nitrogen and oxygen atoms in total. The molecule has 0 fully saturated rings. The van der Waals surface area contributed by atoms with Crippen molar-refractivity contribution >= 4 is 5.97 Å². The molecule has 2 rings (SSSR count). The second-order valence-corrected chi connectivity index (χ2v) is 6.67. The number of carboxylic acid groups (broad SMARTS) is 1. The van der Waals surface area contributed by atoms with Crippen molar-refractivity contribution in [3.05, 3.63) is 35.4 Å². The lowest BCUT2D eigenvalue weighted by Crippen LogP contribution is -2.51. The van der Waals surface area contributed by atoms with E-state index in [9.17, 15) is 4.79 Å². The van der Waals surface area contributed by atoms with Gasteiger partial charge in [0.2, 0.25) is 0 Å². The molecule has 0 aromatic heterocycles. The molecule has 110 valence electrons. The van der Waals surface area contributed by atoms with Crippen LogP contribution in [-0.2, 0) is 17.6 Å². The normalized spacial score (nSPS) is 18.9. The number of benzene rings is 1. The van der Waals surface area contributed by atoms with E-state index in [2.05, 4.69) is 49.9 Å². The van der Waals surface area contributed by atoms with Crippen LogP contribution in [0.4, 0.5) is 0 Å². The van der Waals surface area contributed by atoms with Crippen LogP contribution in [0.25, 0.3) is 0 Å². The Morgan fingerprint density at radius 3 is 2.55 bits per heavy atom. The van der Waals surface area contributed by atoms with Crippen LogP contribution in [0.15, 0.2) is 24.3 Å². The number of nitrogens with zero attached hydrogens (tertiary/aromatic N) is 1. The molecule has 20 heavy (non-hydrogen) atoms. The quantitative estimate of drug-likeness (QED) is 0.918. The van der Waals surface area contributed by atoms with Crippen molar-refractivity contribution < 1.29 is 9.90 Å². The van der Waals surface area contributed by atoms with E-state index in [0.717, 1.165) is 19.3 Å². The van der Waals surface area contributed by atoms with E-state index in [4.69, 9.17) is 5.11 Å². The maximum absolute atomic E-state index is 10.9. The highest BCUT2D eigenvalue weighted by Gasteiger charge is 2.31. The van der Waals surface area contributed by atoms with Gasteiger partial charge in [0.25, 0.3) is 0 Å². The van der Waals surface area contributed by atoms with Crippen LogP contribution < -0.4 is 0 Å². The highest BCUT2D eigenvalue weighted by Crippen LogP contribution is 2.28. The molecule has 1 unspecified atom stereocenters. The molecule has 1 aromatic carbocycles. The first-order valence-corrected chi connectivity index (χ1v) is 7.43. The fraction of sp³-hybridized carbons (Fsp3) is 0.588. The Labute approximate surface area is 121 Å². The van der Waals surface area contributed by atoms with Gasteiger partial charge >= 0.3 is 5.97 Å². The molecule has 0 saturated heterocycles. The zero-order valence-corrected chi connectivity index (χ0v) is 12.7. The molecule has 0 amide bonds. The summed E-state index contributed by atoms with van der Waals surface area (Å²) < 4.78 is 0. The topological polar surface area (TPSA) is 40.5 Å². The number of rotatable bonds is 4. The number of carbonyl (C=O) groups is 1. The third-order valence-corrected chi connectivity index (χ3v) is 4.19. The highest BCUT2D eigenvalue weighted by molar-refractivity contribution is 5.66. The molecule has 1 aromatic rings. The number of aryl methyl sites for hydroxylation is 1. The Morgan fingerprint density at radius 1 is 1.30 bits per heavy atom. The van der Waals surface area contributed by atoms with Gasteiger partial charge in [0.15, 0.2) is 0 Å². The summed E-state index contributed by atoms with van der Waals surface area (Å²) >= 11 is 0. The summed E-state index contributed by atoms with van der Waals surface area (Å²) in [5, 5.41) is 8.96. The van der Waals surface area contributed by atoms with Gasteiger partial charge in [0, 0.05) is 18.1 Å². The van der Waals surface area contributed by atoms with Gasteiger partial charge in [-0.25, -0.2) is 0 Å². The minimum absolute atomic E-state index is 0.00635. The Kier molecular flexibility index (Phi) is 4.48. The van der Waals surface area contributed by atoms with Gasteiger partial charge in [-0.15, -0.1) is 0 Å². The van der Waals surface area contributed by atoms with Gasteiger partial charge < -0.3 is 5.11 Å². The SMILES string of the molecule is CC(C)(C)N(CCC(=O)O)C1CCc2ccccc2C1. The molecule has 1 atom stereocenters. The van der Waals surface area contributed by atoms with Crippen LogP contribution in [0.1, 0.15) is 44.7 Å². The largest absolute Gasteiger partial charge is 0.481 e. The van der Waals surface area contributed by atoms with Crippen LogP contribution in [0, 0.1) is 0 Å². The Hall–Kier alpha value is -1.35. The van der Waals surface area contributed by atoms with Crippen molar-refractivity contribution in [2.45, 2.75) is 58.0 Å². The Morgan fingerprint density at radius 2 is 1.95 bits per heavy atom. The fourth-order valence-electron chi connectivity index (χ4n) is 3.23. The molecular weight excluding hydrogens is 250 g/mol. The average Bonchev–Trinajstić information content (AvgIpc) is 2.37. The molecule has 0 saturated carbocycles. The zero-order chi connectivity index (χ0) is 14.8. The van der Waals surface area contributed by atoms with E-state index in [1.54, 1.807) is 0 Å². The Bertz CT molecular complexity index is 476. The lowest BCUT2D eigenvalue weighted by molar-refractivity contribution is -0.137. The maximum atomic E-state index is 10.9. The standard InChI is InChI=1S/C17H25NO2/c1-17(2,3)18(11-10-16(19)20)15-9-8-13-6-4-5-7-14(13)12-15/h4-7,15H,8-12H2,1-3H3,(H,19,20). The second-order valence-electron chi connectivity index (χ2n) is 6.67. The first-order valence-electron chi connectivity index (χ1n) is 7.43. The van der Waals surface area contributed by atoms with Crippen LogP contribution in [0.2, 0.25) is 0 Å². The van der Waals surface area contributed by atoms with Gasteiger partial charge in [-0.3, -0.25) is 9.69 Å². The number of carboxylic acids is 1. The molecule has 0 radical (unpaired) electrons. The average molecular weight is 275 g/mol. The smallest absolute Gasteiger partial charge is 0.304 e. The lowest BCUT2D eigenvalue weighted by Gasteiger charge is -2.43. The van der Waals surface area contributed by atoms with Gasteiger partial charge in [-0.1, -0.05) is 24.3 Å². The van der Waals surface area contributed by atoms with Crippen molar-refractivity contribution in [2.75, 3.05) is 6.54 Å². The van der Waals surface area contributed by atoms with E-state index in [-0.39, 0.29) is 12.0 Å². The van der Waals surface area contributed by atoms with Crippen molar-refractivity contribution in [1.29, 1.82) is 0 Å². The van der Waals surface area contributed by atoms with E-state index in [1.807, 2.05) is 0 Å². The molecule has 0 aliphatic heterocycles. The van der Waals surface area contributed by atoms with Crippen molar-refractivity contribution in [3.8, 4) is 0 Å². The monoisotopic (exact) mass is 275 g/mol. The van der Waals surface area contributed by atoms with E-state index in [0.29, 0.717) is 12.6 Å². The maximum Gasteiger partial charge on any atom is 0.304 e. The molecule has 0 bridgehead atoms. The number of fused-ring (bicyclic) bond motifs is 1. The molecule has 3 heteroatoms. The van der Waals surface area contributed by atoms with E-state index < -0.39 is 5.97 Å². The second kappa shape index (κ2) is 5.96. The van der Waals surface area contributed by atoms with Gasteiger partial charge in [-0.05, 0) is 51.2 Å². The van der Waals surface area contributed by atoms with Gasteiger partial charge in [-0.2, -0.15) is 0 Å². The summed E-state index contributed by atoms with van der Waals surface area (Å²) in [4.78, 5) is 13.3. The molecule has 0 heterocycles. The molecular formula is C17H25NO2. The third kappa shape index (κ3) is 3.60. The highest BCUT2D eigenvalue weighted by atomic mass is 16.4. The summed E-state index contributed by atoms with van der Waals surface area (Å²) in [6.45, 7) is 7.16. The van der Waals surface area contributed by atoms with Crippen LogP contribution >= 0.6 is 0 Å². The van der Waals surface area contributed by atoms with Crippen LogP contribution in [0.5, 0.6) is 0 Å². The minimum atomic E-state index is -0.713. The molecule has 1 aliphatic rings. The summed E-state index contributed by atoms with van der Waals surface area (Å²) in [5.41, 5.74) is 2.89. The predicted molar refractivity (Wildman–Crippen MR) is 81.0 cm³/mol. The first-order chi connectivity index (χ1) is 9.38. The molecule has 0 spiro atoms. The van der Waals surface area contributed by atoms with Crippen LogP contribution in [0.3, 0.4) is 0 Å². The van der Waals surface area contributed by atoms with E-state index >= 15 is 0 Å². The zero-order valence-electron chi connectivity index (χ0n) is 12.7. The summed E-state index contributed by atoms with van der Waals surface area (Å²) in [7, 11) is 0. The van der Waals surface area contributed by atoms with Crippen molar-refractivity contribution in [1.82, 2.24) is 4.90 Å². The first kappa shape index (κ1) is 15.0. The predicted octanol–water partition coefficient (Wildman–Crippen LogP) is 3.12. The van der Waals surface area contributed by atoms with Crippen molar-refractivity contribution in [2.24, 2.45) is 0 Å². The van der Waals surface area contributed by atoms with Gasteiger partial charge in [0.05, 0.1) is 6.42 Å². The van der Waals surface area contributed by atoms with Crippen molar-refractivity contribution in [3.63, 3.8) is 0 Å². The fourth-order valence-corrected chi connectivity index (χ4v) is 3.23. The lowest BCUT2D eigenvalue weighted by atomic mass is 9.85. The molecule has 1 N–H and O–H groups in total. The number of hydrogen-bond donors (Lipinski definition) is 1. The summed E-state index contributed by atoms with van der Waals surface area (Å²) in [6.07, 6.45) is 3.47. The van der Waals surface area contributed by atoms with E-state index in [1.165, 1.54) is 11.1 Å². The Balaban J connectivity index is 2.13. The van der Waals surface area contributed by atoms with Crippen LogP contribution in [-0.4, -0.2) is 34.1 Å². The molecule has 1 aliphatic carbocycles. The minimum Gasteiger partial charge on any atom is -0.481 e. The summed E-state index contributed by atoms with van der Waals surface area (Å²) in [5.74, 6) is -0.713. The third-order valence-electron chi connectivity index (χ3n) is 4.19. The van der Waals surface area contributed by atoms with Gasteiger partial charge in [0.1, 0.15) is 0 Å². The number of hydrogen-bond acceptors (Lipinski definition) is 2. The number of aliphatic carboxylic acids is 1.